The van der Waals surface area contributed by atoms with Gasteiger partial charge in [-0.3, -0.25) is 0 Å². The van der Waals surface area contributed by atoms with E-state index in [0.717, 1.165) is 21.7 Å². The summed E-state index contributed by atoms with van der Waals surface area (Å²) < 4.78 is 2.09. The Labute approximate surface area is 113 Å². The summed E-state index contributed by atoms with van der Waals surface area (Å²) in [5, 5.41) is 20.0. The summed E-state index contributed by atoms with van der Waals surface area (Å²) in [5.74, 6) is -2.97. The minimum atomic E-state index is -1.48. The molecule has 0 aromatic heterocycles. The van der Waals surface area contributed by atoms with Crippen molar-refractivity contribution >= 4 is 33.1 Å². The average Bonchev–Trinajstić information content (AvgIpc) is 2.13. The van der Waals surface area contributed by atoms with Gasteiger partial charge in [0.2, 0.25) is 0 Å². The van der Waals surface area contributed by atoms with Crippen LogP contribution in [0.25, 0.3) is 0 Å². The molecule has 0 aliphatic rings. The van der Waals surface area contributed by atoms with Crippen LogP contribution in [-0.2, 0) is 9.59 Å². The van der Waals surface area contributed by atoms with Gasteiger partial charge >= 0.3 is 56.7 Å². The maximum atomic E-state index is 9.99. The van der Waals surface area contributed by atoms with Crippen LogP contribution in [-0.4, -0.2) is 33.1 Å². The number of aliphatic carboxylic acids is 2. The van der Waals surface area contributed by atoms with Crippen molar-refractivity contribution in [1.29, 1.82) is 0 Å². The van der Waals surface area contributed by atoms with Gasteiger partial charge < -0.3 is 19.8 Å². The topological polar surface area (TPSA) is 80.3 Å². The fourth-order valence-corrected chi connectivity index (χ4v) is 4.78. The van der Waals surface area contributed by atoms with Crippen molar-refractivity contribution in [3.63, 3.8) is 0 Å². The molecule has 0 saturated heterocycles. The van der Waals surface area contributed by atoms with Crippen LogP contribution in [0.1, 0.15) is 41.5 Å². The van der Waals surface area contributed by atoms with Crippen molar-refractivity contribution in [1.82, 2.24) is 0 Å². The number of hydrogen-bond donors (Lipinski definition) is 0. The molecule has 0 saturated carbocycles. The summed E-state index contributed by atoms with van der Waals surface area (Å²) in [6.07, 6.45) is 0. The number of carboxylic acid groups (broad SMARTS) is 2. The zero-order chi connectivity index (χ0) is 14.2. The summed E-state index contributed by atoms with van der Waals surface area (Å²) in [7, 11) is 0. The molecule has 0 unspecified atom stereocenters. The molecule has 0 aromatic rings. The Balaban J connectivity index is 0. The molecule has 0 rings (SSSR count). The quantitative estimate of drug-likeness (QED) is 0.537. The van der Waals surface area contributed by atoms with Crippen LogP contribution in [0.4, 0.5) is 0 Å². The Morgan fingerprint density at radius 2 is 1.06 bits per heavy atom. The molecule has 0 amide bonds. The molecule has 0 heterocycles. The average molecular weight is 347 g/mol. The van der Waals surface area contributed by atoms with E-state index in [0.29, 0.717) is 0 Å². The summed E-state index contributed by atoms with van der Waals surface area (Å²) in [5.41, 5.74) is -0.611. The normalized spacial score (nSPS) is 11.3. The van der Waals surface area contributed by atoms with E-state index in [1.807, 2.05) is 0 Å². The molecule has 0 atom stereocenters. The number of carbonyl (C=O) groups excluding carboxylic acids is 2. The van der Waals surface area contributed by atoms with Gasteiger partial charge in [-0.2, -0.15) is 0 Å². The number of carboxylic acids is 2. The Kier molecular flexibility index (Phi) is 10.5. The van der Waals surface area contributed by atoms with Crippen molar-refractivity contribution < 1.29 is 19.8 Å². The van der Waals surface area contributed by atoms with Gasteiger partial charge in [-0.05, 0) is 25.0 Å². The Morgan fingerprint density at radius 3 is 1.12 bits per heavy atom. The molecule has 0 aliphatic heterocycles. The van der Waals surface area contributed by atoms with E-state index >= 15 is 0 Å². The zero-order valence-corrected chi connectivity index (χ0v) is 14.1. The molecule has 0 bridgehead atoms. The second-order valence-electron chi connectivity index (χ2n) is 4.30. The molecule has 96 valence electrons. The van der Waals surface area contributed by atoms with Crippen LogP contribution in [0.5, 0.6) is 0 Å². The second kappa shape index (κ2) is 9.50. The number of rotatable bonds is 4. The number of hydrogen-bond acceptors (Lipinski definition) is 4. The molecule has 0 fully saturated rings. The predicted octanol–water partition coefficient (Wildman–Crippen LogP) is 0.170. The van der Waals surface area contributed by atoms with Gasteiger partial charge in [-0.25, -0.2) is 0 Å². The molecule has 0 N–H and O–H groups in total. The van der Waals surface area contributed by atoms with E-state index < -0.39 is 11.9 Å². The van der Waals surface area contributed by atoms with Crippen LogP contribution < -0.4 is 10.2 Å². The molecule has 0 aromatic carbocycles. The van der Waals surface area contributed by atoms with Crippen molar-refractivity contribution in [3.05, 3.63) is 11.1 Å². The minimum absolute atomic E-state index is 0.0389. The van der Waals surface area contributed by atoms with E-state index in [4.69, 9.17) is 0 Å². The first kappa shape index (κ1) is 18.8. The van der Waals surface area contributed by atoms with Gasteiger partial charge in [-0.1, -0.05) is 0 Å². The summed E-state index contributed by atoms with van der Waals surface area (Å²) in [6, 6.07) is 0. The fraction of sp³-hybridized carbons (Fsp3) is 0.667. The van der Waals surface area contributed by atoms with Gasteiger partial charge in [0.25, 0.3) is 0 Å². The first-order chi connectivity index (χ1) is 7.59. The Morgan fingerprint density at radius 1 is 0.824 bits per heavy atom. The van der Waals surface area contributed by atoms with Gasteiger partial charge in [0.15, 0.2) is 0 Å². The van der Waals surface area contributed by atoms with E-state index in [9.17, 15) is 19.8 Å². The molecule has 4 nitrogen and oxygen atoms in total. The summed E-state index contributed by atoms with van der Waals surface area (Å²) in [4.78, 5) is 20.0. The molecular formula is C12H20O4Sn. The summed E-state index contributed by atoms with van der Waals surface area (Å²) in [6.45, 7) is 11.7. The third-order valence-corrected chi connectivity index (χ3v) is 5.65. The number of carbonyl (C=O) groups is 2. The predicted molar refractivity (Wildman–Crippen MR) is 64.3 cm³/mol. The summed E-state index contributed by atoms with van der Waals surface area (Å²) >= 11 is 0.0389. The third-order valence-electron chi connectivity index (χ3n) is 1.84. The first-order valence-corrected chi connectivity index (χ1v) is 8.75. The van der Waals surface area contributed by atoms with Crippen molar-refractivity contribution in [2.24, 2.45) is 0 Å². The second-order valence-corrected chi connectivity index (χ2v) is 11.8. The monoisotopic (exact) mass is 348 g/mol. The molecule has 0 radical (unpaired) electrons. The van der Waals surface area contributed by atoms with Gasteiger partial charge in [0, 0.05) is 0 Å². The van der Waals surface area contributed by atoms with Gasteiger partial charge in [-0.15, -0.1) is 0 Å². The molecule has 0 aliphatic carbocycles. The first-order valence-electron chi connectivity index (χ1n) is 5.45. The molecular weight excluding hydrogens is 327 g/mol. The molecule has 0 spiro atoms. The Bertz CT molecular complexity index is 265. The fourth-order valence-electron chi connectivity index (χ4n) is 0.973. The van der Waals surface area contributed by atoms with Crippen molar-refractivity contribution in [2.75, 3.05) is 0 Å². The van der Waals surface area contributed by atoms with Crippen LogP contribution in [0.15, 0.2) is 11.1 Å². The maximum absolute atomic E-state index is 9.99. The van der Waals surface area contributed by atoms with E-state index in [2.05, 4.69) is 27.7 Å². The van der Waals surface area contributed by atoms with E-state index in [1.165, 1.54) is 0 Å². The van der Waals surface area contributed by atoms with Crippen molar-refractivity contribution in [3.8, 4) is 0 Å². The SMILES string of the molecule is CC(C(=O)[O-])=C(C)C(=O)[O-].C[CH](C)[Sn+2][CH](C)C. The van der Waals surface area contributed by atoms with Crippen molar-refractivity contribution in [2.45, 2.75) is 49.4 Å². The van der Waals surface area contributed by atoms with Crippen LogP contribution in [0, 0.1) is 0 Å². The van der Waals surface area contributed by atoms with Gasteiger partial charge in [0.1, 0.15) is 0 Å². The standard InChI is InChI=1S/C6H8O4.2C3H7.Sn/c1-3(5(7)8)4(2)6(9)10;2*1-3-2;/h1-2H3,(H,7,8)(H,9,10);2*3H,1-2H3;/q;;;+2/p-2. The molecule has 17 heavy (non-hydrogen) atoms. The Hall–Kier alpha value is -0.521. The van der Waals surface area contributed by atoms with E-state index in [-0.39, 0.29) is 32.3 Å². The van der Waals surface area contributed by atoms with E-state index in [1.54, 1.807) is 0 Å². The van der Waals surface area contributed by atoms with Crippen LogP contribution in [0.2, 0.25) is 7.87 Å². The third kappa shape index (κ3) is 11.7. The van der Waals surface area contributed by atoms with Gasteiger partial charge in [0.05, 0.1) is 11.9 Å². The van der Waals surface area contributed by atoms with Crippen LogP contribution >= 0.6 is 0 Å². The molecule has 5 heteroatoms. The zero-order valence-electron chi connectivity index (χ0n) is 11.3. The van der Waals surface area contributed by atoms with Crippen LogP contribution in [0.3, 0.4) is 0 Å².